The van der Waals surface area contributed by atoms with Crippen LogP contribution in [0, 0.1) is 20.5 Å². The van der Waals surface area contributed by atoms with Gasteiger partial charge in [0.1, 0.15) is 0 Å². The van der Waals surface area contributed by atoms with Crippen molar-refractivity contribution in [3.05, 3.63) is 0 Å². The summed E-state index contributed by atoms with van der Waals surface area (Å²) >= 11 is 0. The Labute approximate surface area is 206 Å². The van der Waals surface area contributed by atoms with E-state index in [1.807, 2.05) is 0 Å². The minimum atomic E-state index is -4.94. The molecule has 0 aromatic carbocycles. The van der Waals surface area contributed by atoms with Gasteiger partial charge in [-0.2, -0.15) is 0 Å². The molecule has 1 fully saturated rings. The summed E-state index contributed by atoms with van der Waals surface area (Å²) in [5, 5.41) is 3.59. The molecule has 1 radical (unpaired) electrons. The average molecular weight is 562 g/mol. The quantitative estimate of drug-likeness (QED) is 0.318. The number of nitrogens with zero attached hydrogens (tertiary/aromatic N) is 4. The van der Waals surface area contributed by atoms with Gasteiger partial charge < -0.3 is 24.9 Å². The molecule has 0 spiro atoms. The molecule has 1 saturated heterocycles. The second kappa shape index (κ2) is 20.9. The van der Waals surface area contributed by atoms with E-state index in [0.29, 0.717) is 0 Å². The third-order valence-corrected chi connectivity index (χ3v) is 4.24. The molecule has 0 aromatic heterocycles. The predicted molar refractivity (Wildman–Crippen MR) is 92.1 cm³/mol. The Morgan fingerprint density at radius 2 is 1.12 bits per heavy atom. The molecule has 32 heavy (non-hydrogen) atoms. The topological polar surface area (TPSA) is 209 Å². The van der Waals surface area contributed by atoms with Crippen LogP contribution in [0.2, 0.25) is 0 Å². The van der Waals surface area contributed by atoms with Crippen molar-refractivity contribution in [1.29, 1.82) is 0 Å². The van der Waals surface area contributed by atoms with Crippen LogP contribution in [-0.4, -0.2) is 113 Å². The Bertz CT molecular complexity index is 399. The second-order valence-corrected chi connectivity index (χ2v) is 8.98. The van der Waals surface area contributed by atoms with Crippen LogP contribution in [0.15, 0.2) is 0 Å². The van der Waals surface area contributed by atoms with Gasteiger partial charge in [0.05, 0.1) is 0 Å². The zero-order chi connectivity index (χ0) is 24.5. The summed E-state index contributed by atoms with van der Waals surface area (Å²) in [4.78, 5) is 9.82. The predicted octanol–water partition coefficient (Wildman–Crippen LogP) is -9.42. The van der Waals surface area contributed by atoms with E-state index in [2.05, 4.69) is 53.1 Å². The first-order valence-corrected chi connectivity index (χ1v) is 12.2. The molecule has 16 heteroatoms. The largest absolute Gasteiger partial charge is 2.00 e. The third-order valence-electron chi connectivity index (χ3n) is 4.24. The van der Waals surface area contributed by atoms with Gasteiger partial charge in [0.15, 0.2) is 0 Å². The van der Waals surface area contributed by atoms with Gasteiger partial charge in [0.25, 0.3) is 0 Å². The zero-order valence-electron chi connectivity index (χ0n) is 19.1. The van der Waals surface area contributed by atoms with E-state index in [1.54, 1.807) is 0 Å². The summed E-state index contributed by atoms with van der Waals surface area (Å²) in [5.74, 6) is 0. The van der Waals surface area contributed by atoms with Crippen LogP contribution >= 0.6 is 0 Å². The Hall–Kier alpha value is 0.579. The van der Waals surface area contributed by atoms with Crippen LogP contribution in [0.5, 0.6) is 0 Å². The molecule has 199 valence electrons. The van der Waals surface area contributed by atoms with Crippen LogP contribution < -0.4 is 42.6 Å². The number of halogens is 2. The fraction of sp³-hybridized carbons (Fsp3) is 1.00. The molecule has 0 unspecified atom stereocenters. The molecule has 1 N–H and O–H groups in total. The molecule has 1 rings (SSSR count). The van der Waals surface area contributed by atoms with Crippen LogP contribution in [0.4, 0.5) is 0 Å². The molecule has 0 atom stereocenters. The fourth-order valence-electron chi connectivity index (χ4n) is 2.64. The second-order valence-electron chi connectivity index (χ2n) is 7.46. The van der Waals surface area contributed by atoms with E-state index >= 15 is 0 Å². The molecule has 1 heterocycles. The summed E-state index contributed by atoms with van der Waals surface area (Å²) in [6.45, 7) is 11.8. The molecule has 0 amide bonds. The maximum atomic E-state index is 8.49. The molecular formula is C16H37Cl2CuN5O8. The summed E-state index contributed by atoms with van der Waals surface area (Å²) < 4.78 is 67.9. The summed E-state index contributed by atoms with van der Waals surface area (Å²) in [5.41, 5.74) is 0. The van der Waals surface area contributed by atoms with Gasteiger partial charge in [-0.25, -0.2) is 37.3 Å². The first-order chi connectivity index (χ1) is 14.1. The Balaban J connectivity index is -0.000000640. The number of likely N-dealkylation sites (N-methyl/N-ethyl adjacent to an activating group) is 3. The molecular weight excluding hydrogens is 525 g/mol. The maximum Gasteiger partial charge on any atom is 2.00 e. The zero-order valence-corrected chi connectivity index (χ0v) is 21.6. The van der Waals surface area contributed by atoms with Crippen molar-refractivity contribution in [1.82, 2.24) is 24.9 Å². The van der Waals surface area contributed by atoms with E-state index < -0.39 is 20.5 Å². The molecule has 0 bridgehead atoms. The third kappa shape index (κ3) is 40.9. The van der Waals surface area contributed by atoms with Crippen molar-refractivity contribution in [2.24, 2.45) is 0 Å². The first kappa shape index (κ1) is 37.1. The van der Waals surface area contributed by atoms with Crippen LogP contribution in [0.25, 0.3) is 0 Å². The number of hydrogen-bond donors (Lipinski definition) is 1. The van der Waals surface area contributed by atoms with Crippen LogP contribution in [0.1, 0.15) is 12.8 Å². The molecule has 0 saturated carbocycles. The van der Waals surface area contributed by atoms with E-state index in [-0.39, 0.29) is 17.1 Å². The fourth-order valence-corrected chi connectivity index (χ4v) is 2.64. The smallest absolute Gasteiger partial charge is 0.315 e. The van der Waals surface area contributed by atoms with E-state index in [1.165, 1.54) is 58.7 Å². The standard InChI is InChI=1S/C16H37N5.2ClHO4.Cu/c1-18(2)13-16-21-11-6-10-20(4)15-14-19(3)9-5-7-17-8-12-21;2*2-1(3,4)5;/h17H,5-16H2,1-4H3;2*(H,2,3,4,5);/q;;;+2/p-2. The number of rotatable bonds is 3. The van der Waals surface area contributed by atoms with Gasteiger partial charge in [-0.3, -0.25) is 0 Å². The van der Waals surface area contributed by atoms with E-state index in [4.69, 9.17) is 37.3 Å². The first-order valence-electron chi connectivity index (χ1n) is 9.76. The van der Waals surface area contributed by atoms with Gasteiger partial charge in [-0.05, 0) is 67.2 Å². The summed E-state index contributed by atoms with van der Waals surface area (Å²) in [6.07, 6.45) is 2.52. The van der Waals surface area contributed by atoms with Crippen molar-refractivity contribution in [3.63, 3.8) is 0 Å². The van der Waals surface area contributed by atoms with Crippen LogP contribution in [0.3, 0.4) is 0 Å². The van der Waals surface area contributed by atoms with Crippen LogP contribution in [-0.2, 0) is 17.1 Å². The van der Waals surface area contributed by atoms with Gasteiger partial charge in [0, 0.05) is 39.3 Å². The molecule has 13 nitrogen and oxygen atoms in total. The molecule has 1 aliphatic heterocycles. The minimum Gasteiger partial charge on any atom is -0.315 e. The van der Waals surface area contributed by atoms with E-state index in [9.17, 15) is 0 Å². The van der Waals surface area contributed by atoms with Gasteiger partial charge >= 0.3 is 17.1 Å². The summed E-state index contributed by atoms with van der Waals surface area (Å²) in [7, 11) is -1.08. The average Bonchev–Trinajstić information content (AvgIpc) is 2.56. The number of nitrogens with one attached hydrogen (secondary N) is 1. The molecule has 0 aromatic rings. The van der Waals surface area contributed by atoms with Crippen molar-refractivity contribution in [2.75, 3.05) is 93.6 Å². The monoisotopic (exact) mass is 560 g/mol. The van der Waals surface area contributed by atoms with Crippen molar-refractivity contribution >= 4 is 0 Å². The molecule has 1 aliphatic rings. The van der Waals surface area contributed by atoms with Gasteiger partial charge in [0.2, 0.25) is 0 Å². The van der Waals surface area contributed by atoms with E-state index in [0.717, 1.165) is 19.6 Å². The Morgan fingerprint density at radius 3 is 1.56 bits per heavy atom. The van der Waals surface area contributed by atoms with Gasteiger partial charge in [-0.15, -0.1) is 20.5 Å². The maximum absolute atomic E-state index is 8.49. The Morgan fingerprint density at radius 1 is 0.688 bits per heavy atom. The number of hydrogen-bond acceptors (Lipinski definition) is 13. The van der Waals surface area contributed by atoms with Crippen molar-refractivity contribution in [2.45, 2.75) is 12.8 Å². The van der Waals surface area contributed by atoms with Crippen molar-refractivity contribution < 1.29 is 74.8 Å². The Kier molecular flexibility index (Phi) is 24.3. The minimum absolute atomic E-state index is 0. The van der Waals surface area contributed by atoms with Crippen molar-refractivity contribution in [3.8, 4) is 0 Å². The normalized spacial score (nSPS) is 19.0. The molecule has 0 aliphatic carbocycles. The van der Waals surface area contributed by atoms with Gasteiger partial charge in [-0.1, -0.05) is 0 Å². The SMILES string of the molecule is CN(C)CCN1CCCN(C)CCN(C)CCCNCC1.[Cu+2].[O-][Cl+3]([O-])([O-])[O-].[O-][Cl+3]([O-])([O-])[O-]. The summed E-state index contributed by atoms with van der Waals surface area (Å²) in [6, 6.07) is 0.